The van der Waals surface area contributed by atoms with Gasteiger partial charge in [-0.15, -0.1) is 12.4 Å². The smallest absolute Gasteiger partial charge is 0.230 e. The molecule has 2 aliphatic rings. The van der Waals surface area contributed by atoms with Gasteiger partial charge in [0.1, 0.15) is 0 Å². The highest BCUT2D eigenvalue weighted by atomic mass is 35.5. The Morgan fingerprint density at radius 3 is 2.42 bits per heavy atom. The first-order valence-corrected chi connectivity index (χ1v) is 6.86. The lowest BCUT2D eigenvalue weighted by Gasteiger charge is -2.41. The fourth-order valence-corrected chi connectivity index (χ4v) is 2.83. The van der Waals surface area contributed by atoms with Crippen molar-refractivity contribution < 1.29 is 4.79 Å². The van der Waals surface area contributed by atoms with Gasteiger partial charge in [0.2, 0.25) is 5.91 Å². The van der Waals surface area contributed by atoms with Crippen molar-refractivity contribution in [3.05, 3.63) is 35.9 Å². The number of hydrogen-bond acceptors (Lipinski definition) is 2. The maximum Gasteiger partial charge on any atom is 0.230 e. The van der Waals surface area contributed by atoms with E-state index in [0.717, 1.165) is 38.9 Å². The maximum atomic E-state index is 12.5. The molecule has 0 unspecified atom stereocenters. The van der Waals surface area contributed by atoms with Gasteiger partial charge >= 0.3 is 0 Å². The van der Waals surface area contributed by atoms with E-state index in [1.807, 2.05) is 18.2 Å². The molecular formula is C15H21ClN2O. The molecule has 1 aromatic carbocycles. The molecule has 19 heavy (non-hydrogen) atoms. The summed E-state index contributed by atoms with van der Waals surface area (Å²) in [7, 11) is 0. The highest BCUT2D eigenvalue weighted by Gasteiger charge is 2.45. The van der Waals surface area contributed by atoms with E-state index in [1.54, 1.807) is 0 Å². The van der Waals surface area contributed by atoms with E-state index in [9.17, 15) is 4.79 Å². The lowest BCUT2D eigenvalue weighted by Crippen LogP contribution is -2.53. The molecule has 0 spiro atoms. The Bertz CT molecular complexity index is 427. The molecule has 3 nitrogen and oxygen atoms in total. The maximum absolute atomic E-state index is 12.5. The molecule has 3 rings (SSSR count). The van der Waals surface area contributed by atoms with Crippen molar-refractivity contribution in [3.63, 3.8) is 0 Å². The number of amides is 1. The summed E-state index contributed by atoms with van der Waals surface area (Å²) in [5, 5.41) is 6.38. The summed E-state index contributed by atoms with van der Waals surface area (Å²) < 4.78 is 0. The fourth-order valence-electron chi connectivity index (χ4n) is 2.83. The molecule has 0 atom stereocenters. The summed E-state index contributed by atoms with van der Waals surface area (Å²) in [5.74, 6) is 0.855. The van der Waals surface area contributed by atoms with Crippen molar-refractivity contribution >= 4 is 18.3 Å². The third-order valence-corrected chi connectivity index (χ3v) is 4.39. The lowest BCUT2D eigenvalue weighted by molar-refractivity contribution is -0.130. The summed E-state index contributed by atoms with van der Waals surface area (Å²) in [5.41, 5.74) is 0.943. The van der Waals surface area contributed by atoms with Gasteiger partial charge in [-0.05, 0) is 18.4 Å². The highest BCUT2D eigenvalue weighted by Crippen LogP contribution is 2.43. The zero-order valence-electron chi connectivity index (χ0n) is 11.0. The van der Waals surface area contributed by atoms with Gasteiger partial charge in [-0.3, -0.25) is 4.79 Å². The number of rotatable bonds is 4. The number of carbonyl (C=O) groups is 1. The standard InChI is InChI=1S/C15H20N2O.ClH/c18-14(17-11-12-9-16-10-12)15(7-4-8-15)13-5-2-1-3-6-13;/h1-3,5-6,12,16H,4,7-11H2,(H,17,18);1H. The first kappa shape index (κ1) is 14.4. The number of halogens is 1. The summed E-state index contributed by atoms with van der Waals surface area (Å²) in [4.78, 5) is 12.5. The van der Waals surface area contributed by atoms with Crippen molar-refractivity contribution in [2.45, 2.75) is 24.7 Å². The van der Waals surface area contributed by atoms with Crippen LogP contribution in [0.3, 0.4) is 0 Å². The fraction of sp³-hybridized carbons (Fsp3) is 0.533. The van der Waals surface area contributed by atoms with Crippen LogP contribution in [0.15, 0.2) is 30.3 Å². The third kappa shape index (κ3) is 2.63. The van der Waals surface area contributed by atoms with Gasteiger partial charge < -0.3 is 10.6 Å². The van der Waals surface area contributed by atoms with E-state index in [-0.39, 0.29) is 23.7 Å². The average Bonchev–Trinajstić information content (AvgIpc) is 2.27. The van der Waals surface area contributed by atoms with Crippen LogP contribution in [-0.2, 0) is 10.2 Å². The second kappa shape index (κ2) is 5.93. The van der Waals surface area contributed by atoms with E-state index in [4.69, 9.17) is 0 Å². The van der Waals surface area contributed by atoms with Crippen LogP contribution in [0.2, 0.25) is 0 Å². The minimum Gasteiger partial charge on any atom is -0.355 e. The minimum absolute atomic E-state index is 0. The first-order valence-electron chi connectivity index (χ1n) is 6.86. The predicted octanol–water partition coefficient (Wildman–Crippen LogP) is 1.87. The predicted molar refractivity (Wildman–Crippen MR) is 78.6 cm³/mol. The normalized spacial score (nSPS) is 20.6. The summed E-state index contributed by atoms with van der Waals surface area (Å²) in [6, 6.07) is 10.2. The van der Waals surface area contributed by atoms with Gasteiger partial charge in [0, 0.05) is 25.6 Å². The second-order valence-electron chi connectivity index (χ2n) is 5.54. The monoisotopic (exact) mass is 280 g/mol. The quantitative estimate of drug-likeness (QED) is 0.884. The van der Waals surface area contributed by atoms with Crippen LogP contribution in [0.5, 0.6) is 0 Å². The van der Waals surface area contributed by atoms with Crippen LogP contribution in [-0.4, -0.2) is 25.5 Å². The molecule has 1 aromatic rings. The molecule has 1 heterocycles. The number of benzene rings is 1. The zero-order valence-corrected chi connectivity index (χ0v) is 11.8. The largest absolute Gasteiger partial charge is 0.355 e. The van der Waals surface area contributed by atoms with E-state index >= 15 is 0 Å². The molecule has 0 aromatic heterocycles. The van der Waals surface area contributed by atoms with Crippen molar-refractivity contribution in [1.82, 2.24) is 10.6 Å². The Morgan fingerprint density at radius 1 is 1.26 bits per heavy atom. The third-order valence-electron chi connectivity index (χ3n) is 4.39. The minimum atomic E-state index is -0.238. The van der Waals surface area contributed by atoms with Crippen LogP contribution >= 0.6 is 12.4 Å². The molecule has 104 valence electrons. The van der Waals surface area contributed by atoms with Gasteiger partial charge in [-0.2, -0.15) is 0 Å². The van der Waals surface area contributed by atoms with Crippen LogP contribution in [0, 0.1) is 5.92 Å². The van der Waals surface area contributed by atoms with Gasteiger partial charge in [-0.25, -0.2) is 0 Å². The molecule has 1 saturated heterocycles. The Balaban J connectivity index is 0.00000133. The summed E-state index contributed by atoms with van der Waals surface area (Å²) in [6.07, 6.45) is 3.14. The second-order valence-corrected chi connectivity index (χ2v) is 5.54. The van der Waals surface area contributed by atoms with Crippen LogP contribution in [0.25, 0.3) is 0 Å². The molecule has 1 saturated carbocycles. The van der Waals surface area contributed by atoms with Gasteiger partial charge in [0.25, 0.3) is 0 Å². The SMILES string of the molecule is Cl.O=C(NCC1CNC1)C1(c2ccccc2)CCC1. The number of carbonyl (C=O) groups excluding carboxylic acids is 1. The molecule has 2 fully saturated rings. The number of nitrogens with one attached hydrogen (secondary N) is 2. The highest BCUT2D eigenvalue weighted by molar-refractivity contribution is 5.89. The van der Waals surface area contributed by atoms with Crippen molar-refractivity contribution in [2.24, 2.45) is 5.92 Å². The Labute approximate surface area is 120 Å². The van der Waals surface area contributed by atoms with Crippen LogP contribution in [0.1, 0.15) is 24.8 Å². The van der Waals surface area contributed by atoms with E-state index in [0.29, 0.717) is 5.92 Å². The topological polar surface area (TPSA) is 41.1 Å². The van der Waals surface area contributed by atoms with Crippen molar-refractivity contribution in [1.29, 1.82) is 0 Å². The molecule has 0 radical (unpaired) electrons. The van der Waals surface area contributed by atoms with Crippen LogP contribution < -0.4 is 10.6 Å². The van der Waals surface area contributed by atoms with Crippen LogP contribution in [0.4, 0.5) is 0 Å². The summed E-state index contributed by atoms with van der Waals surface area (Å²) >= 11 is 0. The Morgan fingerprint density at radius 2 is 1.95 bits per heavy atom. The van der Waals surface area contributed by atoms with Gasteiger partial charge in [0.05, 0.1) is 5.41 Å². The van der Waals surface area contributed by atoms with Crippen molar-refractivity contribution in [3.8, 4) is 0 Å². The molecule has 1 amide bonds. The lowest BCUT2D eigenvalue weighted by atomic mass is 9.64. The van der Waals surface area contributed by atoms with Gasteiger partial charge in [-0.1, -0.05) is 36.8 Å². The van der Waals surface area contributed by atoms with Crippen molar-refractivity contribution in [2.75, 3.05) is 19.6 Å². The zero-order chi connectivity index (χ0) is 12.4. The molecule has 1 aliphatic carbocycles. The summed E-state index contributed by atoms with van der Waals surface area (Å²) in [6.45, 7) is 2.90. The molecule has 4 heteroatoms. The molecule has 0 bridgehead atoms. The van der Waals surface area contributed by atoms with E-state index < -0.39 is 0 Å². The van der Waals surface area contributed by atoms with Gasteiger partial charge in [0.15, 0.2) is 0 Å². The Kier molecular flexibility index (Phi) is 4.48. The van der Waals surface area contributed by atoms with E-state index in [1.165, 1.54) is 5.56 Å². The number of hydrogen-bond donors (Lipinski definition) is 2. The Hall–Kier alpha value is -1.06. The van der Waals surface area contributed by atoms with E-state index in [2.05, 4.69) is 22.8 Å². The first-order chi connectivity index (χ1) is 8.81. The molecular weight excluding hydrogens is 260 g/mol. The molecule has 1 aliphatic heterocycles. The molecule has 2 N–H and O–H groups in total. The average molecular weight is 281 g/mol.